The molecule has 86 valence electrons. The molecule has 0 aliphatic carbocycles. The van der Waals surface area contributed by atoms with Gasteiger partial charge in [0.25, 0.3) is 0 Å². The second-order valence-corrected chi connectivity index (χ2v) is 5.28. The van der Waals surface area contributed by atoms with E-state index in [-0.39, 0.29) is 5.41 Å². The number of nitrogens with two attached hydrogens (primary N) is 1. The Kier molecular flexibility index (Phi) is 2.68. The smallest absolute Gasteiger partial charge is 0.165 e. The first-order chi connectivity index (χ1) is 7.51. The van der Waals surface area contributed by atoms with E-state index < -0.39 is 0 Å². The molecule has 0 fully saturated rings. The molecule has 2 aromatic heterocycles. The van der Waals surface area contributed by atoms with Crippen LogP contribution in [0.25, 0.3) is 5.65 Å². The largest absolute Gasteiger partial charge is 0.326 e. The molecule has 2 aromatic rings. The van der Waals surface area contributed by atoms with E-state index in [2.05, 4.69) is 31.0 Å². The second-order valence-electron chi connectivity index (χ2n) is 5.28. The van der Waals surface area contributed by atoms with E-state index in [0.717, 1.165) is 23.5 Å². The van der Waals surface area contributed by atoms with Crippen molar-refractivity contribution >= 4 is 5.65 Å². The first kappa shape index (κ1) is 11.1. The minimum Gasteiger partial charge on any atom is -0.326 e. The third-order valence-electron chi connectivity index (χ3n) is 2.49. The summed E-state index contributed by atoms with van der Waals surface area (Å²) in [7, 11) is 0. The molecule has 4 nitrogen and oxygen atoms in total. The Bertz CT molecular complexity index is 493. The Morgan fingerprint density at radius 2 is 2.06 bits per heavy atom. The van der Waals surface area contributed by atoms with Gasteiger partial charge in [0.15, 0.2) is 5.65 Å². The first-order valence-electron chi connectivity index (χ1n) is 5.53. The van der Waals surface area contributed by atoms with Crippen molar-refractivity contribution in [2.45, 2.75) is 33.7 Å². The number of fused-ring (bicyclic) bond motifs is 1. The highest BCUT2D eigenvalue weighted by Crippen LogP contribution is 2.20. The predicted octanol–water partition coefficient (Wildman–Crippen LogP) is 1.78. The summed E-state index contributed by atoms with van der Waals surface area (Å²) in [6, 6.07) is 3.98. The highest BCUT2D eigenvalue weighted by molar-refractivity contribution is 5.47. The van der Waals surface area contributed by atoms with Gasteiger partial charge in [0.2, 0.25) is 0 Å². The number of rotatable bonds is 2. The van der Waals surface area contributed by atoms with Gasteiger partial charge in [0, 0.05) is 24.7 Å². The third-order valence-corrected chi connectivity index (χ3v) is 2.49. The van der Waals surface area contributed by atoms with Gasteiger partial charge in [-0.25, -0.2) is 0 Å². The van der Waals surface area contributed by atoms with Crippen LogP contribution in [0.4, 0.5) is 0 Å². The maximum Gasteiger partial charge on any atom is 0.165 e. The molecule has 0 aromatic carbocycles. The van der Waals surface area contributed by atoms with Crippen LogP contribution in [0.2, 0.25) is 0 Å². The fraction of sp³-hybridized carbons (Fsp3) is 0.500. The molecule has 2 heterocycles. The van der Waals surface area contributed by atoms with Crippen LogP contribution in [-0.2, 0) is 13.0 Å². The monoisotopic (exact) mass is 218 g/mol. The van der Waals surface area contributed by atoms with Gasteiger partial charge in [-0.1, -0.05) is 26.8 Å². The predicted molar refractivity (Wildman–Crippen MR) is 64.0 cm³/mol. The zero-order chi connectivity index (χ0) is 11.8. The Morgan fingerprint density at radius 1 is 1.31 bits per heavy atom. The summed E-state index contributed by atoms with van der Waals surface area (Å²) >= 11 is 0. The van der Waals surface area contributed by atoms with Crippen molar-refractivity contribution in [3.05, 3.63) is 29.7 Å². The van der Waals surface area contributed by atoms with Crippen LogP contribution in [0.15, 0.2) is 18.3 Å². The van der Waals surface area contributed by atoms with Crippen LogP contribution >= 0.6 is 0 Å². The molecule has 16 heavy (non-hydrogen) atoms. The van der Waals surface area contributed by atoms with Crippen LogP contribution in [0.1, 0.15) is 32.2 Å². The van der Waals surface area contributed by atoms with Crippen LogP contribution in [0.5, 0.6) is 0 Å². The molecule has 4 heteroatoms. The highest BCUT2D eigenvalue weighted by atomic mass is 15.2. The molecular formula is C12H18N4. The van der Waals surface area contributed by atoms with E-state index in [1.165, 1.54) is 0 Å². The van der Waals surface area contributed by atoms with Gasteiger partial charge in [-0.3, -0.25) is 4.40 Å². The summed E-state index contributed by atoms with van der Waals surface area (Å²) in [5.41, 5.74) is 7.80. The van der Waals surface area contributed by atoms with Crippen molar-refractivity contribution in [3.63, 3.8) is 0 Å². The molecule has 0 aliphatic rings. The average molecular weight is 218 g/mol. The quantitative estimate of drug-likeness (QED) is 0.836. The molecular weight excluding hydrogens is 200 g/mol. The van der Waals surface area contributed by atoms with Gasteiger partial charge in [-0.05, 0) is 11.5 Å². The Morgan fingerprint density at radius 3 is 2.69 bits per heavy atom. The number of hydrogen-bond acceptors (Lipinski definition) is 3. The lowest BCUT2D eigenvalue weighted by molar-refractivity contribution is 0.399. The van der Waals surface area contributed by atoms with Gasteiger partial charge < -0.3 is 5.73 Å². The van der Waals surface area contributed by atoms with Crippen LogP contribution < -0.4 is 5.73 Å². The van der Waals surface area contributed by atoms with Gasteiger partial charge in [-0.2, -0.15) is 0 Å². The van der Waals surface area contributed by atoms with E-state index >= 15 is 0 Å². The maximum absolute atomic E-state index is 5.67. The van der Waals surface area contributed by atoms with Crippen LogP contribution in [-0.4, -0.2) is 14.6 Å². The number of aromatic nitrogens is 3. The highest BCUT2D eigenvalue weighted by Gasteiger charge is 2.16. The fourth-order valence-corrected chi connectivity index (χ4v) is 1.77. The second kappa shape index (κ2) is 3.87. The number of pyridine rings is 1. The Labute approximate surface area is 95.5 Å². The molecule has 0 saturated heterocycles. The van der Waals surface area contributed by atoms with Gasteiger partial charge >= 0.3 is 0 Å². The molecule has 0 saturated carbocycles. The summed E-state index contributed by atoms with van der Waals surface area (Å²) < 4.78 is 2.04. The van der Waals surface area contributed by atoms with Crippen molar-refractivity contribution in [2.75, 3.05) is 0 Å². The summed E-state index contributed by atoms with van der Waals surface area (Å²) in [6.45, 7) is 7.08. The molecule has 0 bridgehead atoms. The normalized spacial score (nSPS) is 12.2. The van der Waals surface area contributed by atoms with Crippen molar-refractivity contribution in [1.82, 2.24) is 14.6 Å². The lowest BCUT2D eigenvalue weighted by atomic mass is 9.92. The van der Waals surface area contributed by atoms with Crippen molar-refractivity contribution in [2.24, 2.45) is 11.1 Å². The summed E-state index contributed by atoms with van der Waals surface area (Å²) in [5.74, 6) is 0.998. The van der Waals surface area contributed by atoms with E-state index in [0.29, 0.717) is 6.54 Å². The minimum absolute atomic E-state index is 0.210. The maximum atomic E-state index is 5.67. The molecule has 0 atom stereocenters. The zero-order valence-electron chi connectivity index (χ0n) is 10.1. The molecule has 0 spiro atoms. The molecule has 0 radical (unpaired) electrons. The molecule has 0 aliphatic heterocycles. The fourth-order valence-electron chi connectivity index (χ4n) is 1.77. The van der Waals surface area contributed by atoms with E-state index in [9.17, 15) is 0 Å². The summed E-state index contributed by atoms with van der Waals surface area (Å²) in [6.07, 6.45) is 2.90. The summed E-state index contributed by atoms with van der Waals surface area (Å²) in [4.78, 5) is 0. The first-order valence-corrected chi connectivity index (χ1v) is 5.53. The molecule has 2 N–H and O–H groups in total. The summed E-state index contributed by atoms with van der Waals surface area (Å²) in [5, 5.41) is 8.45. The van der Waals surface area contributed by atoms with E-state index in [1.54, 1.807) is 0 Å². The Balaban J connectivity index is 2.49. The van der Waals surface area contributed by atoms with Crippen LogP contribution in [0.3, 0.4) is 0 Å². The molecule has 2 rings (SSSR count). The average Bonchev–Trinajstić information content (AvgIpc) is 2.59. The minimum atomic E-state index is 0.210. The standard InChI is InChI=1S/C12H18N4/c1-12(2,3)7-10-14-15-11-9(8-13)5-4-6-16(10)11/h4-6H,7-8,13H2,1-3H3. The zero-order valence-corrected chi connectivity index (χ0v) is 10.1. The van der Waals surface area contributed by atoms with Crippen molar-refractivity contribution in [1.29, 1.82) is 0 Å². The third kappa shape index (κ3) is 2.07. The van der Waals surface area contributed by atoms with E-state index in [1.807, 2.05) is 22.7 Å². The topological polar surface area (TPSA) is 56.2 Å². The van der Waals surface area contributed by atoms with Gasteiger partial charge in [0.05, 0.1) is 0 Å². The lowest BCUT2D eigenvalue weighted by Gasteiger charge is -2.16. The van der Waals surface area contributed by atoms with Crippen molar-refractivity contribution in [3.8, 4) is 0 Å². The van der Waals surface area contributed by atoms with Gasteiger partial charge in [-0.15, -0.1) is 10.2 Å². The van der Waals surface area contributed by atoms with Crippen molar-refractivity contribution < 1.29 is 0 Å². The lowest BCUT2D eigenvalue weighted by Crippen LogP contribution is -2.12. The molecule has 0 amide bonds. The van der Waals surface area contributed by atoms with Crippen LogP contribution in [0, 0.1) is 5.41 Å². The molecule has 0 unspecified atom stereocenters. The SMILES string of the molecule is CC(C)(C)Cc1nnc2c(CN)cccn12. The Hall–Kier alpha value is -1.42. The number of hydrogen-bond donors (Lipinski definition) is 1. The van der Waals surface area contributed by atoms with E-state index in [4.69, 9.17) is 5.73 Å². The van der Waals surface area contributed by atoms with Gasteiger partial charge in [0.1, 0.15) is 5.82 Å². The number of nitrogens with zero attached hydrogens (tertiary/aromatic N) is 3.